The van der Waals surface area contributed by atoms with Gasteiger partial charge >= 0.3 is 0 Å². The Morgan fingerprint density at radius 1 is 1.17 bits per heavy atom. The SMILES string of the molecule is CCCCC(=C=C(C)C)C1=CC(=NCc2ccccc2)OC1(C)C. The van der Waals surface area contributed by atoms with Crippen LogP contribution in [0.4, 0.5) is 0 Å². The molecule has 1 aromatic rings. The summed E-state index contributed by atoms with van der Waals surface area (Å²) in [5.41, 5.74) is 8.05. The lowest BCUT2D eigenvalue weighted by molar-refractivity contribution is 0.151. The van der Waals surface area contributed by atoms with Crippen LogP contribution in [-0.4, -0.2) is 11.5 Å². The van der Waals surface area contributed by atoms with Gasteiger partial charge in [-0.2, -0.15) is 0 Å². The largest absolute Gasteiger partial charge is 0.467 e. The van der Waals surface area contributed by atoms with Crippen molar-refractivity contribution in [3.05, 3.63) is 64.4 Å². The Kier molecular flexibility index (Phi) is 6.23. The van der Waals surface area contributed by atoms with Crippen molar-refractivity contribution in [2.45, 2.75) is 66.0 Å². The third-order valence-electron chi connectivity index (χ3n) is 4.04. The minimum atomic E-state index is -0.346. The standard InChI is InChI=1S/C22H29NO/c1-6-7-13-19(14-17(2)3)20-15-21(24-22(20,4)5)23-16-18-11-9-8-10-12-18/h8-12,15H,6-7,13,16H2,1-5H3. The van der Waals surface area contributed by atoms with Crippen LogP contribution in [0.15, 0.2) is 63.9 Å². The average molecular weight is 323 g/mol. The Bertz CT molecular complexity index is 682. The van der Waals surface area contributed by atoms with E-state index < -0.39 is 0 Å². The summed E-state index contributed by atoms with van der Waals surface area (Å²) in [6.07, 6.45) is 5.48. The zero-order valence-electron chi connectivity index (χ0n) is 15.6. The van der Waals surface area contributed by atoms with E-state index in [9.17, 15) is 0 Å². The molecule has 0 saturated carbocycles. The molecular formula is C22H29NO. The average Bonchev–Trinajstić information content (AvgIpc) is 2.85. The van der Waals surface area contributed by atoms with E-state index in [2.05, 4.69) is 63.6 Å². The second-order valence-corrected chi connectivity index (χ2v) is 7.02. The molecule has 1 heterocycles. The number of benzene rings is 1. The molecular weight excluding hydrogens is 294 g/mol. The minimum absolute atomic E-state index is 0.346. The van der Waals surface area contributed by atoms with Crippen LogP contribution in [0.2, 0.25) is 0 Å². The molecule has 128 valence electrons. The van der Waals surface area contributed by atoms with E-state index in [-0.39, 0.29) is 5.60 Å². The molecule has 0 N–H and O–H groups in total. The maximum atomic E-state index is 6.11. The molecule has 0 bridgehead atoms. The van der Waals surface area contributed by atoms with E-state index in [1.165, 1.54) is 35.1 Å². The van der Waals surface area contributed by atoms with Crippen LogP contribution < -0.4 is 0 Å². The van der Waals surface area contributed by atoms with E-state index in [0.29, 0.717) is 6.54 Å². The first kappa shape index (κ1) is 18.3. The quantitative estimate of drug-likeness (QED) is 0.588. The lowest BCUT2D eigenvalue weighted by Gasteiger charge is -2.23. The molecule has 1 aliphatic rings. The maximum absolute atomic E-state index is 6.11. The Hall–Kier alpha value is -2.05. The van der Waals surface area contributed by atoms with Crippen molar-refractivity contribution in [3.8, 4) is 0 Å². The van der Waals surface area contributed by atoms with Crippen molar-refractivity contribution in [2.24, 2.45) is 4.99 Å². The molecule has 2 rings (SSSR count). The molecule has 0 atom stereocenters. The molecule has 0 fully saturated rings. The van der Waals surface area contributed by atoms with Crippen LogP contribution in [0.25, 0.3) is 0 Å². The van der Waals surface area contributed by atoms with Gasteiger partial charge in [0.15, 0.2) is 0 Å². The molecule has 0 radical (unpaired) electrons. The van der Waals surface area contributed by atoms with Gasteiger partial charge in [0.1, 0.15) is 5.60 Å². The van der Waals surface area contributed by atoms with Crippen molar-refractivity contribution < 1.29 is 4.74 Å². The highest BCUT2D eigenvalue weighted by molar-refractivity contribution is 5.93. The number of nitrogens with zero attached hydrogens (tertiary/aromatic N) is 1. The van der Waals surface area contributed by atoms with Crippen molar-refractivity contribution in [3.63, 3.8) is 0 Å². The highest BCUT2D eigenvalue weighted by Gasteiger charge is 2.34. The molecule has 0 unspecified atom stereocenters. The van der Waals surface area contributed by atoms with Crippen LogP contribution in [0.1, 0.15) is 59.4 Å². The van der Waals surface area contributed by atoms with Gasteiger partial charge in [-0.05, 0) is 51.7 Å². The van der Waals surface area contributed by atoms with Gasteiger partial charge < -0.3 is 4.74 Å². The molecule has 24 heavy (non-hydrogen) atoms. The highest BCUT2D eigenvalue weighted by atomic mass is 16.5. The van der Waals surface area contributed by atoms with Crippen molar-refractivity contribution >= 4 is 5.90 Å². The smallest absolute Gasteiger partial charge is 0.210 e. The highest BCUT2D eigenvalue weighted by Crippen LogP contribution is 2.35. The lowest BCUT2D eigenvalue weighted by Crippen LogP contribution is -2.24. The molecule has 0 aliphatic carbocycles. The minimum Gasteiger partial charge on any atom is -0.467 e. The van der Waals surface area contributed by atoms with Gasteiger partial charge in [0, 0.05) is 17.2 Å². The van der Waals surface area contributed by atoms with Gasteiger partial charge in [-0.3, -0.25) is 0 Å². The summed E-state index contributed by atoms with van der Waals surface area (Å²) >= 11 is 0. The van der Waals surface area contributed by atoms with Gasteiger partial charge in [-0.1, -0.05) is 43.7 Å². The van der Waals surface area contributed by atoms with E-state index >= 15 is 0 Å². The number of hydrogen-bond acceptors (Lipinski definition) is 2. The maximum Gasteiger partial charge on any atom is 0.210 e. The molecule has 2 nitrogen and oxygen atoms in total. The Morgan fingerprint density at radius 2 is 1.88 bits per heavy atom. The van der Waals surface area contributed by atoms with Crippen LogP contribution in [0.5, 0.6) is 0 Å². The van der Waals surface area contributed by atoms with Crippen molar-refractivity contribution in [1.82, 2.24) is 0 Å². The second kappa shape index (κ2) is 8.17. The van der Waals surface area contributed by atoms with Crippen LogP contribution in [0, 0.1) is 0 Å². The van der Waals surface area contributed by atoms with Gasteiger partial charge in [0.2, 0.25) is 5.90 Å². The van der Waals surface area contributed by atoms with Gasteiger partial charge in [-0.15, -0.1) is 5.73 Å². The fourth-order valence-corrected chi connectivity index (χ4v) is 2.84. The predicted molar refractivity (Wildman–Crippen MR) is 102 cm³/mol. The number of ether oxygens (including phenoxy) is 1. The number of unbranched alkanes of at least 4 members (excludes halogenated alkanes) is 1. The summed E-state index contributed by atoms with van der Waals surface area (Å²) < 4.78 is 6.11. The third kappa shape index (κ3) is 4.97. The zero-order valence-corrected chi connectivity index (χ0v) is 15.6. The molecule has 1 aliphatic heterocycles. The summed E-state index contributed by atoms with van der Waals surface area (Å²) in [4.78, 5) is 4.65. The van der Waals surface area contributed by atoms with Gasteiger partial charge in [0.25, 0.3) is 0 Å². The Labute approximate surface area is 146 Å². The van der Waals surface area contributed by atoms with Crippen LogP contribution in [0.3, 0.4) is 0 Å². The number of aliphatic imine (C=N–C) groups is 1. The molecule has 0 aromatic heterocycles. The van der Waals surface area contributed by atoms with E-state index in [0.717, 1.165) is 12.3 Å². The van der Waals surface area contributed by atoms with Gasteiger partial charge in [0.05, 0.1) is 6.54 Å². The fourth-order valence-electron chi connectivity index (χ4n) is 2.84. The first-order valence-electron chi connectivity index (χ1n) is 8.85. The Balaban J connectivity index is 2.28. The van der Waals surface area contributed by atoms with Gasteiger partial charge in [-0.25, -0.2) is 4.99 Å². The number of hydrogen-bond donors (Lipinski definition) is 0. The van der Waals surface area contributed by atoms with E-state index in [4.69, 9.17) is 4.74 Å². The Morgan fingerprint density at radius 3 is 2.50 bits per heavy atom. The normalized spacial score (nSPS) is 17.2. The summed E-state index contributed by atoms with van der Waals surface area (Å²) in [7, 11) is 0. The molecule has 0 saturated heterocycles. The molecule has 2 heteroatoms. The topological polar surface area (TPSA) is 21.6 Å². The second-order valence-electron chi connectivity index (χ2n) is 7.02. The van der Waals surface area contributed by atoms with E-state index in [1.54, 1.807) is 0 Å². The summed E-state index contributed by atoms with van der Waals surface area (Å²) in [5.74, 6) is 0.725. The number of rotatable bonds is 6. The molecule has 0 amide bonds. The zero-order chi connectivity index (χ0) is 17.6. The summed E-state index contributed by atoms with van der Waals surface area (Å²) in [5, 5.41) is 0. The monoisotopic (exact) mass is 323 g/mol. The van der Waals surface area contributed by atoms with E-state index in [1.807, 2.05) is 18.2 Å². The van der Waals surface area contributed by atoms with Crippen LogP contribution in [-0.2, 0) is 11.3 Å². The fraction of sp³-hybridized carbons (Fsp3) is 0.455. The summed E-state index contributed by atoms with van der Waals surface area (Å²) in [6, 6.07) is 10.3. The molecule has 0 spiro atoms. The molecule has 1 aromatic carbocycles. The first-order valence-corrected chi connectivity index (χ1v) is 8.85. The van der Waals surface area contributed by atoms with Crippen molar-refractivity contribution in [1.29, 1.82) is 0 Å². The lowest BCUT2D eigenvalue weighted by atomic mass is 9.89. The van der Waals surface area contributed by atoms with Crippen LogP contribution >= 0.6 is 0 Å². The third-order valence-corrected chi connectivity index (χ3v) is 4.04. The van der Waals surface area contributed by atoms with Crippen molar-refractivity contribution in [2.75, 3.05) is 0 Å². The predicted octanol–water partition coefficient (Wildman–Crippen LogP) is 6.00. The summed E-state index contributed by atoms with van der Waals surface area (Å²) in [6.45, 7) is 11.3. The first-order chi connectivity index (χ1) is 11.4.